The summed E-state index contributed by atoms with van der Waals surface area (Å²) in [5, 5.41) is 26.9. The summed E-state index contributed by atoms with van der Waals surface area (Å²) in [4.78, 5) is 20.7. The van der Waals surface area contributed by atoms with Crippen molar-refractivity contribution in [1.29, 1.82) is 0 Å². The van der Waals surface area contributed by atoms with E-state index in [4.69, 9.17) is 24.3 Å². The second kappa shape index (κ2) is 13.6. The maximum atomic E-state index is 14.9. The molecule has 3 heterocycles. The van der Waals surface area contributed by atoms with E-state index in [1.165, 1.54) is 18.4 Å². The molecule has 7 atom stereocenters. The Morgan fingerprint density at radius 3 is 2.72 bits per heavy atom. The molecule has 0 radical (unpaired) electrons. The minimum absolute atomic E-state index is 0.0409. The third-order valence-corrected chi connectivity index (χ3v) is 9.69. The van der Waals surface area contributed by atoms with Crippen LogP contribution in [0.5, 0.6) is 5.75 Å². The van der Waals surface area contributed by atoms with Crippen LogP contribution in [0.2, 0.25) is 0 Å². The Bertz CT molecular complexity index is 1750. The molecule has 0 bridgehead atoms. The second-order valence-corrected chi connectivity index (χ2v) is 13.1. The Hall–Kier alpha value is -3.65. The lowest BCUT2D eigenvalue weighted by Gasteiger charge is -2.31. The number of halogens is 1. The highest BCUT2D eigenvalue weighted by atomic mass is 31.2. The Morgan fingerprint density at radius 2 is 1.98 bits per heavy atom. The van der Waals surface area contributed by atoms with Crippen LogP contribution in [-0.4, -0.2) is 67.3 Å². The first-order valence-electron chi connectivity index (χ1n) is 15.1. The lowest BCUT2D eigenvalue weighted by Crippen LogP contribution is -2.47. The average Bonchev–Trinajstić information content (AvgIpc) is 3.48. The monoisotopic (exact) mass is 659 g/mol. The molecule has 0 spiro atoms. The molecule has 1 fully saturated rings. The summed E-state index contributed by atoms with van der Waals surface area (Å²) < 4.78 is 54.3. The van der Waals surface area contributed by atoms with Crippen molar-refractivity contribution in [3.05, 3.63) is 60.8 Å². The highest BCUT2D eigenvalue weighted by Crippen LogP contribution is 2.51. The summed E-state index contributed by atoms with van der Waals surface area (Å²) in [6.45, 7) is 6.64. The number of unbranched alkanes of at least 4 members (excludes halogenated alkanes) is 1. The van der Waals surface area contributed by atoms with Gasteiger partial charge in [0, 0.05) is 11.6 Å². The third-order valence-electron chi connectivity index (χ3n) is 8.00. The van der Waals surface area contributed by atoms with Crippen molar-refractivity contribution in [3.63, 3.8) is 0 Å². The van der Waals surface area contributed by atoms with Crippen molar-refractivity contribution in [2.24, 2.45) is 0 Å². The number of fused-ring (bicyclic) bond motifs is 2. The molecule has 0 amide bonds. The van der Waals surface area contributed by atoms with Gasteiger partial charge in [0.15, 0.2) is 17.7 Å². The van der Waals surface area contributed by atoms with Gasteiger partial charge in [0.25, 0.3) is 0 Å². The summed E-state index contributed by atoms with van der Waals surface area (Å²) in [5.74, 6) is -1.29. The number of rotatable bonds is 13. The van der Waals surface area contributed by atoms with E-state index in [2.05, 4.69) is 15.1 Å². The molecule has 5 N–H and O–H groups in total. The Kier molecular flexibility index (Phi) is 9.97. The first-order valence-corrected chi connectivity index (χ1v) is 16.7. The number of carbonyl (C=O) groups is 1. The summed E-state index contributed by atoms with van der Waals surface area (Å²) in [6, 6.07) is 11.4. The molecule has 0 aliphatic carbocycles. The van der Waals surface area contributed by atoms with Gasteiger partial charge >= 0.3 is 13.7 Å². The van der Waals surface area contributed by atoms with Crippen molar-refractivity contribution >= 4 is 41.3 Å². The zero-order valence-electron chi connectivity index (χ0n) is 26.0. The largest absolute Gasteiger partial charge is 0.465 e. The number of aliphatic hydroxyl groups is 2. The van der Waals surface area contributed by atoms with Crippen LogP contribution < -0.4 is 15.3 Å². The highest BCUT2D eigenvalue weighted by molar-refractivity contribution is 7.52. The molecule has 248 valence electrons. The second-order valence-electron chi connectivity index (χ2n) is 11.5. The lowest BCUT2D eigenvalue weighted by atomic mass is 9.93. The number of nitrogens with zero attached hydrogens (tertiary/aromatic N) is 3. The SMILES string of the molecule is CCCCOC(=O)[C@H](C)NP(=O)(Oc1cccc2ccccc12)OC(CC)[C@H]1O[C@@H](n2cc(F)c3c(N)ncnc32)[C@](C)(O)[C@@H]1O. The Labute approximate surface area is 265 Å². The van der Waals surface area contributed by atoms with E-state index < -0.39 is 55.7 Å². The molecule has 15 heteroatoms. The van der Waals surface area contributed by atoms with Crippen molar-refractivity contribution in [3.8, 4) is 5.75 Å². The van der Waals surface area contributed by atoms with Gasteiger partial charge < -0.3 is 29.9 Å². The van der Waals surface area contributed by atoms with Crippen molar-refractivity contribution in [2.75, 3.05) is 12.3 Å². The van der Waals surface area contributed by atoms with E-state index in [0.29, 0.717) is 11.8 Å². The average molecular weight is 660 g/mol. The van der Waals surface area contributed by atoms with E-state index >= 15 is 0 Å². The highest BCUT2D eigenvalue weighted by Gasteiger charge is 2.57. The normalized spacial score (nSPS) is 24.1. The molecule has 1 saturated heterocycles. The van der Waals surface area contributed by atoms with Gasteiger partial charge in [0.2, 0.25) is 0 Å². The standard InChI is InChI=1S/C31H39FN5O8P/c1-5-7-15-42-29(39)18(3)36-46(41,45-23-14-10-12-19-11-8-9-13-20(19)23)44-22(6-2)25-26(38)31(4,40)30(43-25)37-16-21(32)24-27(33)34-17-35-28(24)37/h8-14,16-18,22,25-26,30,38,40H,5-7,15H2,1-4H3,(H,36,41)(H2,33,34,35)/t18-,22?,25+,26+,30+,31+,46?/m0/s1. The number of benzene rings is 2. The number of nitrogens with one attached hydrogen (secondary N) is 1. The van der Waals surface area contributed by atoms with E-state index in [1.807, 2.05) is 25.1 Å². The fraction of sp³-hybridized carbons (Fsp3) is 0.452. The number of carbonyl (C=O) groups excluding carboxylic acids is 1. The first kappa shape index (κ1) is 33.7. The van der Waals surface area contributed by atoms with Crippen molar-refractivity contribution in [1.82, 2.24) is 19.6 Å². The number of esters is 1. The molecule has 1 aliphatic heterocycles. The quantitative estimate of drug-likeness (QED) is 0.0890. The minimum Gasteiger partial charge on any atom is -0.465 e. The van der Waals surface area contributed by atoms with Crippen LogP contribution in [-0.2, 0) is 23.4 Å². The summed E-state index contributed by atoms with van der Waals surface area (Å²) >= 11 is 0. The molecule has 1 aliphatic rings. The van der Waals surface area contributed by atoms with Gasteiger partial charge in [0.1, 0.15) is 41.7 Å². The van der Waals surface area contributed by atoms with Gasteiger partial charge in [-0.15, -0.1) is 0 Å². The van der Waals surface area contributed by atoms with Crippen LogP contribution in [0, 0.1) is 5.82 Å². The summed E-state index contributed by atoms with van der Waals surface area (Å²) in [5.41, 5.74) is 3.91. The van der Waals surface area contributed by atoms with E-state index in [9.17, 15) is 24.0 Å². The number of aromatic nitrogens is 3. The van der Waals surface area contributed by atoms with Crippen molar-refractivity contribution < 1.29 is 42.5 Å². The number of nitrogen functional groups attached to an aromatic ring is 1. The van der Waals surface area contributed by atoms with Crippen molar-refractivity contribution in [2.45, 2.75) is 83.1 Å². The fourth-order valence-electron chi connectivity index (χ4n) is 5.48. The maximum absolute atomic E-state index is 14.9. The molecular formula is C31H39FN5O8P. The van der Waals surface area contributed by atoms with Gasteiger partial charge in [0.05, 0.1) is 18.1 Å². The van der Waals surface area contributed by atoms with Crippen LogP contribution in [0.25, 0.3) is 21.8 Å². The molecule has 5 rings (SSSR count). The zero-order valence-corrected chi connectivity index (χ0v) is 26.9. The third kappa shape index (κ3) is 6.59. The van der Waals surface area contributed by atoms with E-state index in [0.717, 1.165) is 24.3 Å². The predicted molar refractivity (Wildman–Crippen MR) is 168 cm³/mol. The van der Waals surface area contributed by atoms with Gasteiger partial charge in [-0.05, 0) is 38.1 Å². The Balaban J connectivity index is 1.47. The maximum Gasteiger partial charge on any atom is 0.459 e. The first-order chi connectivity index (χ1) is 21.9. The molecule has 46 heavy (non-hydrogen) atoms. The number of ether oxygens (including phenoxy) is 2. The smallest absolute Gasteiger partial charge is 0.459 e. The molecular weight excluding hydrogens is 620 g/mol. The molecule has 0 saturated carbocycles. The molecule has 2 unspecified atom stereocenters. The van der Waals surface area contributed by atoms with Gasteiger partial charge in [-0.25, -0.2) is 18.9 Å². The van der Waals surface area contributed by atoms with Crippen LogP contribution in [0.3, 0.4) is 0 Å². The summed E-state index contributed by atoms with van der Waals surface area (Å²) in [7, 11) is -4.45. The van der Waals surface area contributed by atoms with Crippen LogP contribution in [0.15, 0.2) is 55.0 Å². The lowest BCUT2D eigenvalue weighted by molar-refractivity contribution is -0.145. The number of hydrogen-bond donors (Lipinski definition) is 4. The van der Waals surface area contributed by atoms with Gasteiger partial charge in [-0.3, -0.25) is 13.9 Å². The summed E-state index contributed by atoms with van der Waals surface area (Å²) in [6.07, 6.45) is -1.61. The molecule has 2 aromatic heterocycles. The topological polar surface area (TPSA) is 180 Å². The number of nitrogens with two attached hydrogens (primary N) is 1. The Morgan fingerprint density at radius 1 is 1.24 bits per heavy atom. The zero-order chi connectivity index (χ0) is 33.2. The van der Waals surface area contributed by atoms with Gasteiger partial charge in [-0.2, -0.15) is 5.09 Å². The molecule has 4 aromatic rings. The van der Waals surface area contributed by atoms with Crippen LogP contribution in [0.1, 0.15) is 53.2 Å². The number of anilines is 1. The van der Waals surface area contributed by atoms with Gasteiger partial charge in [-0.1, -0.05) is 56.7 Å². The fourth-order valence-corrected chi connectivity index (χ4v) is 7.26. The predicted octanol–water partition coefficient (Wildman–Crippen LogP) is 4.62. The van der Waals surface area contributed by atoms with E-state index in [-0.39, 0.29) is 35.6 Å². The number of aliphatic hydroxyl groups excluding tert-OH is 1. The van der Waals surface area contributed by atoms with E-state index in [1.54, 1.807) is 31.2 Å². The minimum atomic E-state index is -4.45. The number of hydrogen-bond acceptors (Lipinski definition) is 11. The van der Waals surface area contributed by atoms with Crippen LogP contribution >= 0.6 is 7.75 Å². The van der Waals surface area contributed by atoms with Crippen LogP contribution in [0.4, 0.5) is 10.2 Å². The molecule has 13 nitrogen and oxygen atoms in total. The molecule has 2 aromatic carbocycles.